The second kappa shape index (κ2) is 12.1. The van der Waals surface area contributed by atoms with Crippen molar-refractivity contribution in [3.05, 3.63) is 90.1 Å². The molecule has 0 fully saturated rings. The van der Waals surface area contributed by atoms with Crippen molar-refractivity contribution in [2.45, 2.75) is 46.7 Å². The average Bonchev–Trinajstić information content (AvgIpc) is 3.55. The van der Waals surface area contributed by atoms with Crippen molar-refractivity contribution >= 4 is 23.2 Å². The molecular formula is C32H32N4O5. The molecule has 5 aromatic rings. The summed E-state index contributed by atoms with van der Waals surface area (Å²) < 4.78 is 14.0. The number of para-hydroxylation sites is 1. The van der Waals surface area contributed by atoms with E-state index in [1.807, 2.05) is 42.6 Å². The van der Waals surface area contributed by atoms with E-state index in [4.69, 9.17) is 19.6 Å². The van der Waals surface area contributed by atoms with Crippen molar-refractivity contribution in [1.82, 2.24) is 19.1 Å². The van der Waals surface area contributed by atoms with Crippen LogP contribution in [0.1, 0.15) is 37.2 Å². The number of carbonyl (C=O) groups excluding carboxylic acids is 1. The third-order valence-electron chi connectivity index (χ3n) is 6.83. The highest BCUT2D eigenvalue weighted by Gasteiger charge is 2.16. The van der Waals surface area contributed by atoms with E-state index < -0.39 is 6.16 Å². The molecule has 41 heavy (non-hydrogen) atoms. The van der Waals surface area contributed by atoms with Gasteiger partial charge >= 0.3 is 12.1 Å². The fraction of sp³-hybridized carbons (Fsp3) is 0.250. The van der Waals surface area contributed by atoms with E-state index in [1.165, 1.54) is 0 Å². The maximum Gasteiger partial charge on any atom is 0.511 e. The molecular weight excluding hydrogens is 520 g/mol. The summed E-state index contributed by atoms with van der Waals surface area (Å²) >= 11 is 0. The third-order valence-corrected chi connectivity index (χ3v) is 6.83. The largest absolute Gasteiger partial charge is 0.511 e. The van der Waals surface area contributed by atoms with Crippen LogP contribution in [-0.2, 0) is 29.0 Å². The summed E-state index contributed by atoms with van der Waals surface area (Å²) in [4.78, 5) is 32.6. The van der Waals surface area contributed by atoms with Crippen LogP contribution in [0.3, 0.4) is 0 Å². The minimum atomic E-state index is -1.34. The van der Waals surface area contributed by atoms with Gasteiger partial charge in [0.2, 0.25) is 0 Å². The van der Waals surface area contributed by atoms with Crippen LogP contribution in [0.2, 0.25) is 0 Å². The molecule has 0 aliphatic heterocycles. The molecule has 1 N–H and O–H groups in total. The summed E-state index contributed by atoms with van der Waals surface area (Å²) in [5.74, 6) is 1.01. The van der Waals surface area contributed by atoms with E-state index >= 15 is 0 Å². The molecule has 0 amide bonds. The lowest BCUT2D eigenvalue weighted by atomic mass is 10.0. The first-order valence-corrected chi connectivity index (χ1v) is 13.6. The lowest BCUT2D eigenvalue weighted by molar-refractivity contribution is -0.143. The number of hydrogen-bond acceptors (Lipinski definition) is 6. The highest BCUT2D eigenvalue weighted by molar-refractivity contribution is 5.85. The molecule has 0 saturated heterocycles. The molecule has 9 nitrogen and oxygen atoms in total. The fourth-order valence-electron chi connectivity index (χ4n) is 4.99. The zero-order chi connectivity index (χ0) is 28.9. The van der Waals surface area contributed by atoms with Gasteiger partial charge in [0, 0.05) is 30.3 Å². The van der Waals surface area contributed by atoms with Crippen LogP contribution in [-0.4, -0.2) is 42.9 Å². The number of imidazole rings is 2. The Morgan fingerprint density at radius 3 is 2.51 bits per heavy atom. The molecule has 0 bridgehead atoms. The second-order valence-electron chi connectivity index (χ2n) is 9.82. The maximum absolute atomic E-state index is 11.9. The molecule has 0 atom stereocenters. The van der Waals surface area contributed by atoms with Crippen LogP contribution >= 0.6 is 0 Å². The molecule has 0 radical (unpaired) electrons. The van der Waals surface area contributed by atoms with Gasteiger partial charge in [-0.05, 0) is 55.2 Å². The highest BCUT2D eigenvalue weighted by atomic mass is 16.7. The number of benzene rings is 3. The van der Waals surface area contributed by atoms with Gasteiger partial charge in [-0.3, -0.25) is 4.79 Å². The van der Waals surface area contributed by atoms with Gasteiger partial charge in [-0.25, -0.2) is 14.8 Å². The molecule has 9 heteroatoms. The molecule has 3 aromatic carbocycles. The summed E-state index contributed by atoms with van der Waals surface area (Å²) in [6, 6.07) is 19.3. The molecule has 5 rings (SSSR count). The Bertz CT molecular complexity index is 1700. The fourth-order valence-corrected chi connectivity index (χ4v) is 4.99. The maximum atomic E-state index is 11.9. The summed E-state index contributed by atoms with van der Waals surface area (Å²) in [5, 5.41) is 9.09. The summed E-state index contributed by atoms with van der Waals surface area (Å²) in [6.07, 6.45) is 3.97. The van der Waals surface area contributed by atoms with E-state index in [0.29, 0.717) is 24.5 Å². The van der Waals surface area contributed by atoms with Crippen molar-refractivity contribution in [2.75, 3.05) is 6.61 Å². The normalized spacial score (nSPS) is 11.1. The Hall–Kier alpha value is -4.92. The minimum absolute atomic E-state index is 0.115. The van der Waals surface area contributed by atoms with Gasteiger partial charge < -0.3 is 23.7 Å². The zero-order valence-corrected chi connectivity index (χ0v) is 23.3. The number of rotatable bonds is 10. The highest BCUT2D eigenvalue weighted by Crippen LogP contribution is 2.31. The molecule has 2 heterocycles. The third kappa shape index (κ3) is 6.14. The average molecular weight is 553 g/mol. The molecule has 210 valence electrons. The van der Waals surface area contributed by atoms with Gasteiger partial charge in [-0.1, -0.05) is 49.4 Å². The van der Waals surface area contributed by atoms with Gasteiger partial charge in [0.1, 0.15) is 18.1 Å². The van der Waals surface area contributed by atoms with Gasteiger partial charge in [-0.2, -0.15) is 0 Å². The number of carboxylic acid groups (broad SMARTS) is 1. The van der Waals surface area contributed by atoms with Crippen LogP contribution in [0.15, 0.2) is 73.2 Å². The number of esters is 1. The topological polar surface area (TPSA) is 108 Å². The van der Waals surface area contributed by atoms with Crippen molar-refractivity contribution in [1.29, 1.82) is 0 Å². The molecule has 2 aromatic heterocycles. The standard InChI is InChI=1S/C32H32N4O5/c1-4-8-29-34-31-21(3)15-24(26-18-35(20-33-26)19-30(37)40-5-2)16-27(31)36(29)17-22-11-13-23(14-12-22)25-9-6-7-10-28(25)41-32(38)39/h6-7,9-16,18,20H,4-5,8,17,19H2,1-3H3,(H,38,39). The van der Waals surface area contributed by atoms with E-state index in [1.54, 1.807) is 30.0 Å². The number of ether oxygens (including phenoxy) is 2. The van der Waals surface area contributed by atoms with E-state index in [9.17, 15) is 9.59 Å². The number of fused-ring (bicyclic) bond motifs is 1. The number of hydrogen-bond donors (Lipinski definition) is 1. The first kappa shape index (κ1) is 27.6. The van der Waals surface area contributed by atoms with Crippen molar-refractivity contribution in [3.63, 3.8) is 0 Å². The van der Waals surface area contributed by atoms with E-state index in [0.717, 1.165) is 57.6 Å². The Balaban J connectivity index is 1.47. The predicted octanol–water partition coefficient (Wildman–Crippen LogP) is 6.50. The SMILES string of the molecule is CCCc1nc2c(C)cc(-c3cn(CC(=O)OCC)cn3)cc2n1Cc1ccc(-c2ccccc2OC(=O)O)cc1. The van der Waals surface area contributed by atoms with Gasteiger partial charge in [-0.15, -0.1) is 0 Å². The Morgan fingerprint density at radius 2 is 1.78 bits per heavy atom. The molecule has 0 saturated carbocycles. The Morgan fingerprint density at radius 1 is 1.00 bits per heavy atom. The predicted molar refractivity (Wildman–Crippen MR) is 156 cm³/mol. The number of nitrogens with zero attached hydrogens (tertiary/aromatic N) is 4. The van der Waals surface area contributed by atoms with Crippen molar-refractivity contribution < 1.29 is 24.2 Å². The number of aryl methyl sites for hydroxylation is 2. The van der Waals surface area contributed by atoms with Gasteiger partial charge in [0.25, 0.3) is 0 Å². The first-order valence-electron chi connectivity index (χ1n) is 13.6. The van der Waals surface area contributed by atoms with Crippen LogP contribution in [0.4, 0.5) is 4.79 Å². The zero-order valence-electron chi connectivity index (χ0n) is 23.3. The lowest BCUT2D eigenvalue weighted by Gasteiger charge is -2.12. The molecule has 0 unspecified atom stereocenters. The van der Waals surface area contributed by atoms with Crippen LogP contribution in [0, 0.1) is 6.92 Å². The van der Waals surface area contributed by atoms with Crippen molar-refractivity contribution in [2.24, 2.45) is 0 Å². The van der Waals surface area contributed by atoms with Gasteiger partial charge in [0.15, 0.2) is 0 Å². The quantitative estimate of drug-likeness (QED) is 0.156. The first-order chi connectivity index (χ1) is 19.9. The van der Waals surface area contributed by atoms with Crippen LogP contribution in [0.25, 0.3) is 33.4 Å². The number of carbonyl (C=O) groups is 2. The summed E-state index contributed by atoms with van der Waals surface area (Å²) in [7, 11) is 0. The van der Waals surface area contributed by atoms with Gasteiger partial charge in [0.05, 0.1) is 29.7 Å². The lowest BCUT2D eigenvalue weighted by Crippen LogP contribution is -2.11. The summed E-state index contributed by atoms with van der Waals surface area (Å²) in [6.45, 7) is 7.07. The van der Waals surface area contributed by atoms with E-state index in [-0.39, 0.29) is 12.5 Å². The van der Waals surface area contributed by atoms with Crippen LogP contribution in [0.5, 0.6) is 5.75 Å². The Labute approximate surface area is 238 Å². The molecule has 0 aliphatic rings. The minimum Gasteiger partial charge on any atom is -0.465 e. The molecule has 0 aliphatic carbocycles. The van der Waals surface area contributed by atoms with Crippen molar-refractivity contribution in [3.8, 4) is 28.1 Å². The van der Waals surface area contributed by atoms with Crippen LogP contribution < -0.4 is 4.74 Å². The second-order valence-corrected chi connectivity index (χ2v) is 9.82. The molecule has 0 spiro atoms. The Kier molecular flexibility index (Phi) is 8.14. The monoisotopic (exact) mass is 552 g/mol. The van der Waals surface area contributed by atoms with E-state index in [2.05, 4.69) is 35.5 Å². The number of aromatic nitrogens is 4. The summed E-state index contributed by atoms with van der Waals surface area (Å²) in [5.41, 5.74) is 7.42. The smallest absolute Gasteiger partial charge is 0.465 e.